The lowest BCUT2D eigenvalue weighted by atomic mass is 10.2. The first-order chi connectivity index (χ1) is 8.90. The smallest absolute Gasteiger partial charge is 0.372 e. The Hall–Kier alpha value is -0.640. The van der Waals surface area contributed by atoms with Crippen LogP contribution in [0.25, 0.3) is 0 Å². The number of alkyl halides is 3. The number of anilines is 1. The average Bonchev–Trinajstić information content (AvgIpc) is 3.13. The Morgan fingerprint density at radius 1 is 1.37 bits per heavy atom. The minimum Gasteiger partial charge on any atom is -0.372 e. The van der Waals surface area contributed by atoms with E-state index in [4.69, 9.17) is 0 Å². The Balaban J connectivity index is 2.10. The number of rotatable bonds is 5. The van der Waals surface area contributed by atoms with Crippen LogP contribution in [0, 0.1) is 3.57 Å². The molecule has 1 aromatic rings. The van der Waals surface area contributed by atoms with Gasteiger partial charge in [-0.3, -0.25) is 0 Å². The summed E-state index contributed by atoms with van der Waals surface area (Å²) in [5.41, 5.74) is 0.908. The number of aromatic nitrogens is 2. The fraction of sp³-hybridized carbons (Fsp3) is 0.636. The van der Waals surface area contributed by atoms with Gasteiger partial charge in [0.25, 0.3) is 0 Å². The van der Waals surface area contributed by atoms with Crippen molar-refractivity contribution in [2.45, 2.75) is 31.5 Å². The van der Waals surface area contributed by atoms with Crippen molar-refractivity contribution in [2.24, 2.45) is 0 Å². The fourth-order valence-electron chi connectivity index (χ4n) is 1.63. The van der Waals surface area contributed by atoms with Crippen molar-refractivity contribution >= 4 is 28.4 Å². The second-order valence-corrected chi connectivity index (χ2v) is 5.40. The first kappa shape index (κ1) is 14.8. The van der Waals surface area contributed by atoms with Crippen LogP contribution in [-0.4, -0.2) is 29.8 Å². The molecule has 8 heteroatoms. The highest BCUT2D eigenvalue weighted by molar-refractivity contribution is 14.1. The summed E-state index contributed by atoms with van der Waals surface area (Å²) >= 11 is 2.16. The van der Waals surface area contributed by atoms with Gasteiger partial charge in [-0.15, -0.1) is 0 Å². The van der Waals surface area contributed by atoms with Crippen molar-refractivity contribution in [1.29, 1.82) is 0 Å². The number of halogens is 4. The molecule has 19 heavy (non-hydrogen) atoms. The number of nitrogens with zero attached hydrogens (tertiary/aromatic N) is 2. The minimum atomic E-state index is -4.33. The van der Waals surface area contributed by atoms with Crippen LogP contribution in [0.15, 0.2) is 0 Å². The number of hydrogen-bond acceptors (Lipinski definition) is 4. The number of hydrogen-bond donors (Lipinski definition) is 1. The molecule has 1 aliphatic carbocycles. The first-order valence-corrected chi connectivity index (χ1v) is 6.87. The molecule has 0 aliphatic heterocycles. The molecule has 0 spiro atoms. The molecule has 2 rings (SSSR count). The Morgan fingerprint density at radius 2 is 2.05 bits per heavy atom. The third kappa shape index (κ3) is 4.16. The third-order valence-corrected chi connectivity index (χ3v) is 3.68. The molecule has 106 valence electrons. The Morgan fingerprint density at radius 3 is 2.58 bits per heavy atom. The molecule has 1 heterocycles. The zero-order valence-corrected chi connectivity index (χ0v) is 12.4. The normalized spacial score (nSPS) is 15.6. The van der Waals surface area contributed by atoms with Gasteiger partial charge in [-0.1, -0.05) is 0 Å². The largest absolute Gasteiger partial charge is 0.411 e. The molecular weight excluding hydrogens is 374 g/mol. The van der Waals surface area contributed by atoms with Crippen LogP contribution in [0.1, 0.15) is 30.3 Å². The summed E-state index contributed by atoms with van der Waals surface area (Å²) in [6, 6.07) is 0. The van der Waals surface area contributed by atoms with E-state index in [0.29, 0.717) is 11.7 Å². The van der Waals surface area contributed by atoms with Gasteiger partial charge in [-0.05, 0) is 35.4 Å². The summed E-state index contributed by atoms with van der Waals surface area (Å²) in [4.78, 5) is 8.47. The maximum absolute atomic E-state index is 12.0. The van der Waals surface area contributed by atoms with Gasteiger partial charge in [0.1, 0.15) is 19.0 Å². The predicted octanol–water partition coefficient (Wildman–Crippen LogP) is 3.08. The van der Waals surface area contributed by atoms with Gasteiger partial charge >= 0.3 is 6.18 Å². The lowest BCUT2D eigenvalue weighted by Crippen LogP contribution is -2.18. The molecule has 0 aromatic carbocycles. The van der Waals surface area contributed by atoms with Crippen molar-refractivity contribution in [1.82, 2.24) is 9.97 Å². The topological polar surface area (TPSA) is 47.0 Å². The Labute approximate surface area is 122 Å². The molecule has 0 bridgehead atoms. The van der Waals surface area contributed by atoms with E-state index in [2.05, 4.69) is 42.6 Å². The van der Waals surface area contributed by atoms with Crippen LogP contribution >= 0.6 is 22.6 Å². The monoisotopic (exact) mass is 387 g/mol. The molecule has 0 unspecified atom stereocenters. The maximum Gasteiger partial charge on any atom is 0.411 e. The average molecular weight is 387 g/mol. The second kappa shape index (κ2) is 5.78. The van der Waals surface area contributed by atoms with Gasteiger partial charge in [0.05, 0.1) is 9.26 Å². The molecule has 1 aliphatic rings. The van der Waals surface area contributed by atoms with Crippen LogP contribution in [0.5, 0.6) is 0 Å². The van der Waals surface area contributed by atoms with E-state index in [9.17, 15) is 13.2 Å². The van der Waals surface area contributed by atoms with Crippen LogP contribution in [-0.2, 0) is 11.3 Å². The highest BCUT2D eigenvalue weighted by Crippen LogP contribution is 2.42. The third-order valence-electron chi connectivity index (χ3n) is 2.62. The lowest BCUT2D eigenvalue weighted by molar-refractivity contribution is -0.177. The molecule has 0 radical (unpaired) electrons. The zero-order valence-electron chi connectivity index (χ0n) is 10.2. The lowest BCUT2D eigenvalue weighted by Gasteiger charge is -2.11. The van der Waals surface area contributed by atoms with E-state index in [1.54, 1.807) is 7.05 Å². The SMILES string of the molecule is CNc1nc(COCC(F)(F)F)nc(C2CC2)c1I. The second-order valence-electron chi connectivity index (χ2n) is 4.32. The van der Waals surface area contributed by atoms with Gasteiger partial charge in [0, 0.05) is 13.0 Å². The van der Waals surface area contributed by atoms with Crippen LogP contribution in [0.4, 0.5) is 19.0 Å². The molecule has 0 saturated heterocycles. The zero-order chi connectivity index (χ0) is 14.0. The van der Waals surface area contributed by atoms with E-state index >= 15 is 0 Å². The first-order valence-electron chi connectivity index (χ1n) is 5.79. The van der Waals surface area contributed by atoms with E-state index in [0.717, 1.165) is 22.1 Å². The standard InChI is InChI=1S/C11H13F3IN3O/c1-16-10-8(15)9(6-2-3-6)17-7(18-10)4-19-5-11(12,13)14/h6H,2-5H2,1H3,(H,16,17,18). The highest BCUT2D eigenvalue weighted by Gasteiger charge is 2.30. The fourth-order valence-corrected chi connectivity index (χ4v) is 2.58. The summed E-state index contributed by atoms with van der Waals surface area (Å²) in [5, 5.41) is 2.93. The van der Waals surface area contributed by atoms with E-state index in [1.165, 1.54) is 0 Å². The molecule has 0 amide bonds. The molecular formula is C11H13F3IN3O. The minimum absolute atomic E-state index is 0.231. The van der Waals surface area contributed by atoms with Gasteiger partial charge in [-0.25, -0.2) is 9.97 Å². The van der Waals surface area contributed by atoms with Crippen molar-refractivity contribution in [3.8, 4) is 0 Å². The molecule has 1 saturated carbocycles. The van der Waals surface area contributed by atoms with Gasteiger partial charge in [-0.2, -0.15) is 13.2 Å². The van der Waals surface area contributed by atoms with E-state index in [-0.39, 0.29) is 12.4 Å². The van der Waals surface area contributed by atoms with E-state index < -0.39 is 12.8 Å². The molecule has 4 nitrogen and oxygen atoms in total. The van der Waals surface area contributed by atoms with Crippen LogP contribution in [0.3, 0.4) is 0 Å². The van der Waals surface area contributed by atoms with Crippen LogP contribution < -0.4 is 5.32 Å². The maximum atomic E-state index is 12.0. The van der Waals surface area contributed by atoms with Gasteiger partial charge in [0.2, 0.25) is 0 Å². The summed E-state index contributed by atoms with van der Waals surface area (Å²) in [6.07, 6.45) is -2.19. The Kier molecular flexibility index (Phi) is 4.49. The Bertz CT molecular complexity index is 463. The highest BCUT2D eigenvalue weighted by atomic mass is 127. The quantitative estimate of drug-likeness (QED) is 0.790. The number of ether oxygens (including phenoxy) is 1. The van der Waals surface area contributed by atoms with Crippen LogP contribution in [0.2, 0.25) is 0 Å². The molecule has 0 atom stereocenters. The summed E-state index contributed by atoms with van der Waals surface area (Å²) < 4.78 is 41.5. The number of nitrogens with one attached hydrogen (secondary N) is 1. The van der Waals surface area contributed by atoms with Gasteiger partial charge in [0.15, 0.2) is 5.82 Å². The summed E-state index contributed by atoms with van der Waals surface area (Å²) in [6.45, 7) is -1.51. The van der Waals surface area contributed by atoms with Gasteiger partial charge < -0.3 is 10.1 Å². The van der Waals surface area contributed by atoms with Crippen molar-refractivity contribution in [2.75, 3.05) is 19.0 Å². The summed E-state index contributed by atoms with van der Waals surface area (Å²) in [7, 11) is 1.72. The summed E-state index contributed by atoms with van der Waals surface area (Å²) in [5.74, 6) is 1.34. The predicted molar refractivity (Wildman–Crippen MR) is 72.0 cm³/mol. The van der Waals surface area contributed by atoms with Crippen molar-refractivity contribution in [3.05, 3.63) is 15.1 Å². The molecule has 1 aromatic heterocycles. The van der Waals surface area contributed by atoms with E-state index in [1.807, 2.05) is 0 Å². The van der Waals surface area contributed by atoms with Crippen molar-refractivity contribution < 1.29 is 17.9 Å². The van der Waals surface area contributed by atoms with Crippen molar-refractivity contribution in [3.63, 3.8) is 0 Å². The molecule has 1 fully saturated rings. The molecule has 1 N–H and O–H groups in total.